The lowest BCUT2D eigenvalue weighted by atomic mass is 9.90. The van der Waals surface area contributed by atoms with Crippen molar-refractivity contribution in [1.29, 1.82) is 0 Å². The Morgan fingerprint density at radius 3 is 2.25 bits per heavy atom. The normalized spacial score (nSPS) is 25.8. The van der Waals surface area contributed by atoms with E-state index < -0.39 is 0 Å². The van der Waals surface area contributed by atoms with E-state index in [9.17, 15) is 9.59 Å². The van der Waals surface area contributed by atoms with Gasteiger partial charge in [-0.15, -0.1) is 0 Å². The third-order valence-electron chi connectivity index (χ3n) is 6.63. The second-order valence-electron chi connectivity index (χ2n) is 8.63. The highest BCUT2D eigenvalue weighted by Gasteiger charge is 2.28. The summed E-state index contributed by atoms with van der Waals surface area (Å²) in [5, 5.41) is 2.45. The average molecular weight is 385 g/mol. The molecule has 0 saturated carbocycles. The highest BCUT2D eigenvalue weighted by Crippen LogP contribution is 2.29. The summed E-state index contributed by atoms with van der Waals surface area (Å²) in [6.45, 7) is 8.26. The van der Waals surface area contributed by atoms with Gasteiger partial charge >= 0.3 is 0 Å². The van der Waals surface area contributed by atoms with Gasteiger partial charge in [0.25, 0.3) is 0 Å². The quantitative estimate of drug-likeness (QED) is 0.801. The molecule has 1 N–H and O–H groups in total. The number of piperidine rings is 2. The summed E-state index contributed by atoms with van der Waals surface area (Å²) >= 11 is 0. The number of hydrogen-bond acceptors (Lipinski definition) is 5. The Morgan fingerprint density at radius 2 is 1.61 bits per heavy atom. The van der Waals surface area contributed by atoms with Gasteiger partial charge in [-0.3, -0.25) is 14.9 Å². The molecule has 0 aliphatic carbocycles. The summed E-state index contributed by atoms with van der Waals surface area (Å²) in [5.74, 6) is 0.300. The number of nitrogens with zero attached hydrogens (tertiary/aromatic N) is 3. The smallest absolute Gasteiger partial charge is 0.234 e. The number of nitrogens with one attached hydrogen (secondary N) is 1. The van der Waals surface area contributed by atoms with Gasteiger partial charge < -0.3 is 14.7 Å². The van der Waals surface area contributed by atoms with E-state index in [4.69, 9.17) is 0 Å². The average Bonchev–Trinajstić information content (AvgIpc) is 2.71. The fraction of sp³-hybridized carbons (Fsp3) is 0.636. The third kappa shape index (κ3) is 4.55. The molecule has 1 atom stereocenters. The number of carbonyl (C=O) groups excluding carboxylic acids is 2. The van der Waals surface area contributed by atoms with E-state index >= 15 is 0 Å². The zero-order valence-electron chi connectivity index (χ0n) is 16.9. The van der Waals surface area contributed by atoms with Crippen molar-refractivity contribution in [2.75, 3.05) is 57.8 Å². The number of piperazine rings is 1. The Hall–Kier alpha value is -1.92. The predicted octanol–water partition coefficient (Wildman–Crippen LogP) is 1.67. The summed E-state index contributed by atoms with van der Waals surface area (Å²) in [5.41, 5.74) is 2.26. The Balaban J connectivity index is 1.28. The van der Waals surface area contributed by atoms with Gasteiger partial charge in [-0.2, -0.15) is 0 Å². The number of rotatable bonds is 4. The zero-order chi connectivity index (χ0) is 19.5. The van der Waals surface area contributed by atoms with Crippen LogP contribution in [0.4, 0.5) is 5.69 Å². The Kier molecular flexibility index (Phi) is 5.97. The molecule has 1 unspecified atom stereocenters. The second-order valence-corrected chi connectivity index (χ2v) is 8.63. The van der Waals surface area contributed by atoms with Crippen LogP contribution in [0.5, 0.6) is 0 Å². The molecule has 4 rings (SSSR count). The van der Waals surface area contributed by atoms with Crippen LogP contribution in [0.15, 0.2) is 24.3 Å². The van der Waals surface area contributed by atoms with Crippen LogP contribution in [0.25, 0.3) is 0 Å². The molecule has 0 bridgehead atoms. The lowest BCUT2D eigenvalue weighted by molar-refractivity contribution is -0.134. The molecule has 3 saturated heterocycles. The van der Waals surface area contributed by atoms with Gasteiger partial charge in [-0.25, -0.2) is 0 Å². The van der Waals surface area contributed by atoms with Gasteiger partial charge in [0.2, 0.25) is 11.8 Å². The minimum absolute atomic E-state index is 0.155. The van der Waals surface area contributed by atoms with Crippen molar-refractivity contribution in [1.82, 2.24) is 15.1 Å². The van der Waals surface area contributed by atoms with E-state index in [1.165, 1.54) is 51.3 Å². The van der Waals surface area contributed by atoms with Crippen LogP contribution in [-0.2, 0) is 9.59 Å². The van der Waals surface area contributed by atoms with Gasteiger partial charge in [0.05, 0.1) is 5.92 Å². The monoisotopic (exact) mass is 384 g/mol. The minimum atomic E-state index is -0.193. The number of benzene rings is 1. The van der Waals surface area contributed by atoms with Gasteiger partial charge in [0.1, 0.15) is 0 Å². The van der Waals surface area contributed by atoms with Crippen LogP contribution in [0, 0.1) is 5.92 Å². The minimum Gasteiger partial charge on any atom is -0.372 e. The SMILES string of the molecule is CN1CCN(CC2CCN(c3ccc(C4CCC(=O)NC4=O)cc3)CC2)CC1. The Bertz CT molecular complexity index is 689. The number of amides is 2. The lowest BCUT2D eigenvalue weighted by Gasteiger charge is -2.38. The maximum atomic E-state index is 12.1. The number of hydrogen-bond donors (Lipinski definition) is 1. The van der Waals surface area contributed by atoms with Crippen molar-refractivity contribution in [3.05, 3.63) is 29.8 Å². The van der Waals surface area contributed by atoms with E-state index in [0.717, 1.165) is 24.6 Å². The summed E-state index contributed by atoms with van der Waals surface area (Å²) in [7, 11) is 2.21. The van der Waals surface area contributed by atoms with Crippen LogP contribution < -0.4 is 10.2 Å². The van der Waals surface area contributed by atoms with E-state index in [0.29, 0.717) is 12.8 Å². The second kappa shape index (κ2) is 8.62. The molecular weight excluding hydrogens is 352 g/mol. The molecule has 2 amide bonds. The van der Waals surface area contributed by atoms with Crippen molar-refractivity contribution in [2.45, 2.75) is 31.6 Å². The summed E-state index contributed by atoms with van der Waals surface area (Å²) in [6.07, 6.45) is 3.54. The fourth-order valence-corrected chi connectivity index (χ4v) is 4.70. The highest BCUT2D eigenvalue weighted by atomic mass is 16.2. The van der Waals surface area contributed by atoms with Crippen molar-refractivity contribution >= 4 is 17.5 Å². The standard InChI is InChI=1S/C22H32N4O2/c1-24-12-14-25(15-13-24)16-17-8-10-26(11-9-17)19-4-2-18(3-5-19)20-6-7-21(27)23-22(20)28/h2-5,17,20H,6-16H2,1H3,(H,23,27,28). The number of carbonyl (C=O) groups is 2. The van der Waals surface area contributed by atoms with Crippen molar-refractivity contribution < 1.29 is 9.59 Å². The van der Waals surface area contributed by atoms with E-state index in [2.05, 4.69) is 51.3 Å². The molecule has 3 heterocycles. The summed E-state index contributed by atoms with van der Waals surface area (Å²) in [6, 6.07) is 8.40. The van der Waals surface area contributed by atoms with Crippen molar-refractivity contribution in [3.8, 4) is 0 Å². The Labute approximate surface area is 167 Å². The van der Waals surface area contributed by atoms with Crippen LogP contribution in [0.2, 0.25) is 0 Å². The molecule has 1 aromatic rings. The number of imide groups is 1. The van der Waals surface area contributed by atoms with Crippen molar-refractivity contribution in [3.63, 3.8) is 0 Å². The summed E-state index contributed by atoms with van der Waals surface area (Å²) < 4.78 is 0. The zero-order valence-corrected chi connectivity index (χ0v) is 16.9. The summed E-state index contributed by atoms with van der Waals surface area (Å²) in [4.78, 5) is 30.9. The largest absolute Gasteiger partial charge is 0.372 e. The maximum absolute atomic E-state index is 12.1. The van der Waals surface area contributed by atoms with Crippen LogP contribution in [0.3, 0.4) is 0 Å². The van der Waals surface area contributed by atoms with E-state index in [1.54, 1.807) is 0 Å². The molecule has 1 aromatic carbocycles. The molecule has 3 aliphatic heterocycles. The first-order chi connectivity index (χ1) is 13.6. The van der Waals surface area contributed by atoms with E-state index in [1.807, 2.05) is 0 Å². The molecule has 6 nitrogen and oxygen atoms in total. The highest BCUT2D eigenvalue weighted by molar-refractivity contribution is 6.00. The molecular formula is C22H32N4O2. The molecule has 3 fully saturated rings. The van der Waals surface area contributed by atoms with Crippen molar-refractivity contribution in [2.24, 2.45) is 5.92 Å². The number of anilines is 1. The van der Waals surface area contributed by atoms with Gasteiger partial charge in [-0.05, 0) is 49.9 Å². The maximum Gasteiger partial charge on any atom is 0.234 e. The fourth-order valence-electron chi connectivity index (χ4n) is 4.70. The molecule has 0 spiro atoms. The molecule has 0 radical (unpaired) electrons. The van der Waals surface area contributed by atoms with Gasteiger partial charge in [-0.1, -0.05) is 12.1 Å². The molecule has 152 valence electrons. The van der Waals surface area contributed by atoms with E-state index in [-0.39, 0.29) is 17.7 Å². The topological polar surface area (TPSA) is 55.9 Å². The molecule has 3 aliphatic rings. The molecule has 6 heteroatoms. The lowest BCUT2D eigenvalue weighted by Crippen LogP contribution is -2.47. The first kappa shape index (κ1) is 19.4. The van der Waals surface area contributed by atoms with Crippen LogP contribution in [0.1, 0.15) is 37.2 Å². The van der Waals surface area contributed by atoms with Gasteiger partial charge in [0.15, 0.2) is 0 Å². The van der Waals surface area contributed by atoms with Gasteiger partial charge in [0, 0.05) is 57.9 Å². The first-order valence-corrected chi connectivity index (χ1v) is 10.7. The predicted molar refractivity (Wildman–Crippen MR) is 110 cm³/mol. The molecule has 0 aromatic heterocycles. The molecule has 28 heavy (non-hydrogen) atoms. The number of likely N-dealkylation sites (N-methyl/N-ethyl adjacent to an activating group) is 1. The first-order valence-electron chi connectivity index (χ1n) is 10.7. The van der Waals surface area contributed by atoms with Crippen LogP contribution >= 0.6 is 0 Å². The Morgan fingerprint density at radius 1 is 0.929 bits per heavy atom. The van der Waals surface area contributed by atoms with Crippen LogP contribution in [-0.4, -0.2) is 74.5 Å². The third-order valence-corrected chi connectivity index (χ3v) is 6.63.